The highest BCUT2D eigenvalue weighted by molar-refractivity contribution is 7.89. The number of thiazole rings is 1. The van der Waals surface area contributed by atoms with Crippen LogP contribution in [0, 0.1) is 12.7 Å². The van der Waals surface area contributed by atoms with Crippen molar-refractivity contribution in [3.8, 4) is 0 Å². The molecule has 1 heterocycles. The van der Waals surface area contributed by atoms with Crippen LogP contribution in [0.4, 0.5) is 9.52 Å². The molecule has 0 aliphatic heterocycles. The average molecular weight is 581 g/mol. The smallest absolute Gasteiger partial charge is 0.267 e. The molecule has 0 radical (unpaired) electrons. The number of aryl methyl sites for hydroxylation is 1. The number of unbranched alkanes of at least 4 members (excludes halogenated alkanes) is 2. The number of hydrazone groups is 1. The summed E-state index contributed by atoms with van der Waals surface area (Å²) in [5.74, 6) is -0.837. The number of sulfonamides is 1. The molecule has 40 heavy (non-hydrogen) atoms. The Bertz CT molecular complexity index is 1580. The second kappa shape index (κ2) is 13.3. The van der Waals surface area contributed by atoms with Crippen LogP contribution in [0.1, 0.15) is 61.0 Å². The fraction of sp³-hybridized carbons (Fsp3) is 0.300. The molecule has 0 atom stereocenters. The largest absolute Gasteiger partial charge is 0.280 e. The molecule has 3 aromatic carbocycles. The van der Waals surface area contributed by atoms with Gasteiger partial charge in [-0.1, -0.05) is 56.2 Å². The summed E-state index contributed by atoms with van der Waals surface area (Å²) in [5.41, 5.74) is 2.68. The molecule has 0 N–H and O–H groups in total. The lowest BCUT2D eigenvalue weighted by Crippen LogP contribution is -2.33. The number of carbonyl (C=O) groups excluding carboxylic acids is 1. The summed E-state index contributed by atoms with van der Waals surface area (Å²) >= 11 is 1.32. The molecular weight excluding hydrogens is 547 g/mol. The van der Waals surface area contributed by atoms with Crippen LogP contribution in [0.5, 0.6) is 0 Å². The Balaban J connectivity index is 1.66. The number of fused-ring (bicyclic) bond motifs is 1. The van der Waals surface area contributed by atoms with Gasteiger partial charge in [-0.2, -0.15) is 14.4 Å². The van der Waals surface area contributed by atoms with Crippen molar-refractivity contribution in [3.63, 3.8) is 0 Å². The van der Waals surface area contributed by atoms with Crippen molar-refractivity contribution < 1.29 is 17.6 Å². The lowest BCUT2D eigenvalue weighted by atomic mass is 10.2. The molecule has 4 rings (SSSR count). The van der Waals surface area contributed by atoms with E-state index in [2.05, 4.69) is 10.1 Å². The third kappa shape index (κ3) is 6.99. The van der Waals surface area contributed by atoms with E-state index in [1.165, 1.54) is 63.3 Å². The van der Waals surface area contributed by atoms with Crippen molar-refractivity contribution in [1.29, 1.82) is 0 Å². The van der Waals surface area contributed by atoms with Crippen LogP contribution in [0.15, 0.2) is 76.7 Å². The van der Waals surface area contributed by atoms with Gasteiger partial charge in [-0.05, 0) is 79.4 Å². The monoisotopic (exact) mass is 580 g/mol. The van der Waals surface area contributed by atoms with E-state index in [4.69, 9.17) is 0 Å². The number of halogens is 1. The van der Waals surface area contributed by atoms with Crippen molar-refractivity contribution in [1.82, 2.24) is 9.29 Å². The van der Waals surface area contributed by atoms with Gasteiger partial charge in [0.2, 0.25) is 15.2 Å². The first-order chi connectivity index (χ1) is 19.2. The van der Waals surface area contributed by atoms with Crippen molar-refractivity contribution in [2.45, 2.75) is 51.3 Å². The zero-order chi connectivity index (χ0) is 28.7. The maximum atomic E-state index is 13.7. The van der Waals surface area contributed by atoms with E-state index < -0.39 is 15.9 Å². The molecule has 0 unspecified atom stereocenters. The number of rotatable bonds is 12. The fourth-order valence-corrected chi connectivity index (χ4v) is 6.57. The minimum Gasteiger partial charge on any atom is -0.267 e. The Morgan fingerprint density at radius 2 is 1.62 bits per heavy atom. The highest BCUT2D eigenvalue weighted by Crippen LogP contribution is 2.31. The Labute approximate surface area is 239 Å². The summed E-state index contributed by atoms with van der Waals surface area (Å²) in [4.78, 5) is 18.5. The van der Waals surface area contributed by atoms with Crippen molar-refractivity contribution >= 4 is 48.8 Å². The highest BCUT2D eigenvalue weighted by Gasteiger charge is 2.25. The Morgan fingerprint density at radius 3 is 2.25 bits per heavy atom. The molecule has 0 fully saturated rings. The standard InChI is InChI=1S/C30H33FN4O3S2/c1-4-6-18-34(19-7-5-2)40(37,38)26-15-11-24(12-16-26)29(36)35(32-21-23-9-13-25(31)14-10-23)30-33-27-17-8-22(3)20-28(27)39-30/h8-17,20-21H,4-7,18-19H2,1-3H3/b32-21+. The number of anilines is 1. The third-order valence-electron chi connectivity index (χ3n) is 6.36. The molecule has 0 aliphatic carbocycles. The number of benzene rings is 3. The number of carbonyl (C=O) groups is 1. The van der Waals surface area contributed by atoms with Crippen LogP contribution in [-0.2, 0) is 10.0 Å². The molecular formula is C30H33FN4O3S2. The van der Waals surface area contributed by atoms with Gasteiger partial charge in [0.1, 0.15) is 5.82 Å². The summed E-state index contributed by atoms with van der Waals surface area (Å²) in [6, 6.07) is 17.5. The van der Waals surface area contributed by atoms with Gasteiger partial charge in [-0.15, -0.1) is 0 Å². The molecule has 1 aromatic heterocycles. The van der Waals surface area contributed by atoms with Crippen LogP contribution in [-0.4, -0.2) is 42.9 Å². The van der Waals surface area contributed by atoms with Gasteiger partial charge in [0.05, 0.1) is 21.3 Å². The van der Waals surface area contributed by atoms with Crippen LogP contribution in [0.3, 0.4) is 0 Å². The molecule has 7 nitrogen and oxygen atoms in total. The lowest BCUT2D eigenvalue weighted by Gasteiger charge is -2.22. The minimum absolute atomic E-state index is 0.146. The molecule has 210 valence electrons. The van der Waals surface area contributed by atoms with Gasteiger partial charge in [0.25, 0.3) is 5.91 Å². The number of aromatic nitrogens is 1. The van der Waals surface area contributed by atoms with Crippen LogP contribution in [0.25, 0.3) is 10.2 Å². The molecule has 0 spiro atoms. The molecule has 4 aromatic rings. The number of nitrogens with zero attached hydrogens (tertiary/aromatic N) is 4. The molecule has 10 heteroatoms. The van der Waals surface area contributed by atoms with Gasteiger partial charge in [0, 0.05) is 18.7 Å². The predicted molar refractivity (Wildman–Crippen MR) is 160 cm³/mol. The zero-order valence-electron chi connectivity index (χ0n) is 22.9. The fourth-order valence-electron chi connectivity index (χ4n) is 4.03. The first-order valence-electron chi connectivity index (χ1n) is 13.3. The Kier molecular flexibility index (Phi) is 9.78. The van der Waals surface area contributed by atoms with Crippen LogP contribution in [0.2, 0.25) is 0 Å². The number of hydrogen-bond acceptors (Lipinski definition) is 6. The van der Waals surface area contributed by atoms with Crippen molar-refractivity contribution in [3.05, 3.63) is 89.2 Å². The number of amides is 1. The Hall–Kier alpha value is -3.47. The second-order valence-corrected chi connectivity index (χ2v) is 12.5. The van der Waals surface area contributed by atoms with E-state index in [1.54, 1.807) is 12.1 Å². The lowest BCUT2D eigenvalue weighted by molar-refractivity contribution is 0.0987. The van der Waals surface area contributed by atoms with E-state index in [1.807, 2.05) is 39.0 Å². The SMILES string of the molecule is CCCCN(CCCC)S(=O)(=O)c1ccc(C(=O)N(/N=C/c2ccc(F)cc2)c2nc3ccc(C)cc3s2)cc1. The third-order valence-corrected chi connectivity index (χ3v) is 9.27. The van der Waals surface area contributed by atoms with Crippen LogP contribution < -0.4 is 5.01 Å². The van der Waals surface area contributed by atoms with E-state index in [0.717, 1.165) is 41.5 Å². The highest BCUT2D eigenvalue weighted by atomic mass is 32.2. The normalized spacial score (nSPS) is 12.0. The minimum atomic E-state index is -3.69. The van der Waals surface area contributed by atoms with E-state index in [-0.39, 0.29) is 16.3 Å². The second-order valence-electron chi connectivity index (χ2n) is 9.52. The Morgan fingerprint density at radius 1 is 0.975 bits per heavy atom. The first kappa shape index (κ1) is 29.5. The zero-order valence-corrected chi connectivity index (χ0v) is 24.5. The van der Waals surface area contributed by atoms with Gasteiger partial charge >= 0.3 is 0 Å². The summed E-state index contributed by atoms with van der Waals surface area (Å²) < 4.78 is 42.5. The summed E-state index contributed by atoms with van der Waals surface area (Å²) in [6.45, 7) is 6.96. The quantitative estimate of drug-likeness (QED) is 0.133. The van der Waals surface area contributed by atoms with Gasteiger partial charge in [-0.3, -0.25) is 4.79 Å². The molecule has 0 bridgehead atoms. The van der Waals surface area contributed by atoms with E-state index in [9.17, 15) is 17.6 Å². The molecule has 1 amide bonds. The van der Waals surface area contributed by atoms with Gasteiger partial charge in [0.15, 0.2) is 0 Å². The summed E-state index contributed by atoms with van der Waals surface area (Å²) in [5, 5.41) is 5.98. The van der Waals surface area contributed by atoms with Crippen molar-refractivity contribution in [2.75, 3.05) is 18.1 Å². The van der Waals surface area contributed by atoms with Gasteiger partial charge < -0.3 is 0 Å². The van der Waals surface area contributed by atoms with E-state index >= 15 is 0 Å². The molecule has 0 aliphatic rings. The van der Waals surface area contributed by atoms with E-state index in [0.29, 0.717) is 23.8 Å². The average Bonchev–Trinajstić information content (AvgIpc) is 3.36. The maximum absolute atomic E-state index is 13.7. The van der Waals surface area contributed by atoms with Gasteiger partial charge in [-0.25, -0.2) is 17.8 Å². The van der Waals surface area contributed by atoms with Crippen LogP contribution >= 0.6 is 11.3 Å². The first-order valence-corrected chi connectivity index (χ1v) is 15.6. The topological polar surface area (TPSA) is 82.9 Å². The maximum Gasteiger partial charge on any atom is 0.280 e. The predicted octanol–water partition coefficient (Wildman–Crippen LogP) is 7.02. The number of hydrogen-bond donors (Lipinski definition) is 0. The van der Waals surface area contributed by atoms with Crippen molar-refractivity contribution in [2.24, 2.45) is 5.10 Å². The molecule has 0 saturated heterocycles. The summed E-state index contributed by atoms with van der Waals surface area (Å²) in [6.07, 6.45) is 4.81. The molecule has 0 saturated carbocycles. The summed E-state index contributed by atoms with van der Waals surface area (Å²) in [7, 11) is -3.69.